The molecule has 4 heteroatoms. The molecule has 2 aromatic rings. The van der Waals surface area contributed by atoms with Crippen molar-refractivity contribution >= 4 is 17.5 Å². The van der Waals surface area contributed by atoms with Gasteiger partial charge < -0.3 is 9.73 Å². The fourth-order valence-corrected chi connectivity index (χ4v) is 1.95. The van der Waals surface area contributed by atoms with E-state index in [0.717, 1.165) is 23.3 Å². The fraction of sp³-hybridized carbons (Fsp3) is 0.267. The van der Waals surface area contributed by atoms with E-state index in [9.17, 15) is 4.79 Å². The van der Waals surface area contributed by atoms with Crippen molar-refractivity contribution in [2.24, 2.45) is 0 Å². The summed E-state index contributed by atoms with van der Waals surface area (Å²) >= 11 is 5.77. The summed E-state index contributed by atoms with van der Waals surface area (Å²) in [6.45, 7) is 2.45. The maximum absolute atomic E-state index is 11.9. The van der Waals surface area contributed by atoms with E-state index >= 15 is 0 Å². The van der Waals surface area contributed by atoms with Crippen molar-refractivity contribution in [2.75, 3.05) is 0 Å². The van der Waals surface area contributed by atoms with Gasteiger partial charge in [-0.3, -0.25) is 4.79 Å². The number of alkyl halides is 1. The number of amides is 1. The summed E-state index contributed by atoms with van der Waals surface area (Å²) in [5, 5.41) is 2.83. The van der Waals surface area contributed by atoms with Crippen molar-refractivity contribution < 1.29 is 9.21 Å². The van der Waals surface area contributed by atoms with Crippen LogP contribution < -0.4 is 5.32 Å². The van der Waals surface area contributed by atoms with E-state index < -0.39 is 0 Å². The van der Waals surface area contributed by atoms with E-state index in [1.165, 1.54) is 0 Å². The summed E-state index contributed by atoms with van der Waals surface area (Å²) in [5.41, 5.74) is 2.06. The number of hydrogen-bond acceptors (Lipinski definition) is 2. The van der Waals surface area contributed by atoms with E-state index in [1.54, 1.807) is 6.07 Å². The molecule has 1 aromatic heterocycles. The van der Waals surface area contributed by atoms with Crippen molar-refractivity contribution in [3.8, 4) is 0 Å². The summed E-state index contributed by atoms with van der Waals surface area (Å²) in [7, 11) is 0. The lowest BCUT2D eigenvalue weighted by Gasteiger charge is -2.05. The van der Waals surface area contributed by atoms with Gasteiger partial charge in [0.2, 0.25) is 0 Å². The monoisotopic (exact) mass is 277 g/mol. The molecule has 3 nitrogen and oxygen atoms in total. The molecule has 0 saturated heterocycles. The van der Waals surface area contributed by atoms with Crippen molar-refractivity contribution in [1.29, 1.82) is 0 Å². The number of carbonyl (C=O) groups excluding carboxylic acids is 1. The van der Waals surface area contributed by atoms with Crippen LogP contribution in [0.25, 0.3) is 0 Å². The number of hydrogen-bond donors (Lipinski definition) is 1. The Morgan fingerprint density at radius 3 is 2.74 bits per heavy atom. The van der Waals surface area contributed by atoms with Crippen LogP contribution in [0.3, 0.4) is 0 Å². The number of nitrogens with one attached hydrogen (secondary N) is 1. The zero-order chi connectivity index (χ0) is 13.7. The molecule has 1 N–H and O–H groups in total. The third-order valence-electron chi connectivity index (χ3n) is 2.83. The van der Waals surface area contributed by atoms with Gasteiger partial charge in [-0.15, -0.1) is 11.6 Å². The molecular weight excluding hydrogens is 262 g/mol. The molecule has 0 unspecified atom stereocenters. The maximum Gasteiger partial charge on any atom is 0.287 e. The second-order valence-electron chi connectivity index (χ2n) is 4.26. The molecule has 1 amide bonds. The lowest BCUT2D eigenvalue weighted by Crippen LogP contribution is -2.22. The van der Waals surface area contributed by atoms with Gasteiger partial charge in [0.1, 0.15) is 5.76 Å². The number of rotatable bonds is 5. The Kier molecular flexibility index (Phi) is 4.63. The topological polar surface area (TPSA) is 42.2 Å². The minimum Gasteiger partial charge on any atom is -0.456 e. The molecule has 0 aliphatic rings. The highest BCUT2D eigenvalue weighted by molar-refractivity contribution is 6.17. The smallest absolute Gasteiger partial charge is 0.287 e. The lowest BCUT2D eigenvalue weighted by atomic mass is 10.1. The average Bonchev–Trinajstić information content (AvgIpc) is 2.94. The van der Waals surface area contributed by atoms with Gasteiger partial charge in [-0.2, -0.15) is 0 Å². The van der Waals surface area contributed by atoms with E-state index in [0.29, 0.717) is 18.2 Å². The van der Waals surface area contributed by atoms with Crippen LogP contribution in [0.15, 0.2) is 40.8 Å². The van der Waals surface area contributed by atoms with Crippen LogP contribution >= 0.6 is 11.6 Å². The molecule has 100 valence electrons. The van der Waals surface area contributed by atoms with Crippen LogP contribution in [-0.2, 0) is 18.8 Å². The predicted molar refractivity (Wildman–Crippen MR) is 75.3 cm³/mol. The van der Waals surface area contributed by atoms with Crippen LogP contribution in [0.1, 0.15) is 34.4 Å². The van der Waals surface area contributed by atoms with Crippen molar-refractivity contribution in [2.45, 2.75) is 25.8 Å². The standard InChI is InChI=1S/C15H16ClNO2/c1-2-13-6-7-14(19-13)15(18)17-10-12-5-3-4-11(8-12)9-16/h3-8H,2,9-10H2,1H3,(H,17,18). The van der Waals surface area contributed by atoms with Gasteiger partial charge >= 0.3 is 0 Å². The van der Waals surface area contributed by atoms with Gasteiger partial charge in [-0.1, -0.05) is 31.2 Å². The number of furan rings is 1. The summed E-state index contributed by atoms with van der Waals surface area (Å²) in [5.74, 6) is 1.44. The molecule has 0 bridgehead atoms. The van der Waals surface area contributed by atoms with Gasteiger partial charge in [-0.05, 0) is 23.3 Å². The van der Waals surface area contributed by atoms with Crippen LogP contribution in [-0.4, -0.2) is 5.91 Å². The Morgan fingerprint density at radius 2 is 2.05 bits per heavy atom. The van der Waals surface area contributed by atoms with Gasteiger partial charge in [0.25, 0.3) is 5.91 Å². The molecule has 1 aromatic carbocycles. The first kappa shape index (κ1) is 13.7. The minimum absolute atomic E-state index is 0.198. The summed E-state index contributed by atoms with van der Waals surface area (Å²) in [4.78, 5) is 11.9. The molecule has 0 spiro atoms. The normalized spacial score (nSPS) is 10.4. The largest absolute Gasteiger partial charge is 0.456 e. The van der Waals surface area contributed by atoms with Crippen LogP contribution in [0, 0.1) is 0 Å². The summed E-state index contributed by atoms with van der Waals surface area (Å²) in [6, 6.07) is 11.3. The lowest BCUT2D eigenvalue weighted by molar-refractivity contribution is 0.0921. The zero-order valence-corrected chi connectivity index (χ0v) is 11.5. The van der Waals surface area contributed by atoms with Gasteiger partial charge in [0, 0.05) is 18.8 Å². The highest BCUT2D eigenvalue weighted by Gasteiger charge is 2.10. The summed E-state index contributed by atoms with van der Waals surface area (Å²) < 4.78 is 5.39. The maximum atomic E-state index is 11.9. The van der Waals surface area contributed by atoms with Crippen molar-refractivity contribution in [1.82, 2.24) is 5.32 Å². The molecular formula is C15H16ClNO2. The van der Waals surface area contributed by atoms with E-state index in [1.807, 2.05) is 37.3 Å². The molecule has 0 saturated carbocycles. The van der Waals surface area contributed by atoms with Crippen molar-refractivity contribution in [3.05, 3.63) is 59.0 Å². The first-order valence-corrected chi connectivity index (χ1v) is 6.77. The number of aryl methyl sites for hydroxylation is 1. The number of halogens is 1. The van der Waals surface area contributed by atoms with Gasteiger partial charge in [0.15, 0.2) is 5.76 Å². The molecule has 1 heterocycles. The first-order chi connectivity index (χ1) is 9.22. The SMILES string of the molecule is CCc1ccc(C(=O)NCc2cccc(CCl)c2)o1. The molecule has 19 heavy (non-hydrogen) atoms. The van der Waals surface area contributed by atoms with Gasteiger partial charge in [-0.25, -0.2) is 0 Å². The Bertz CT molecular complexity index is 563. The number of benzene rings is 1. The Morgan fingerprint density at radius 1 is 1.26 bits per heavy atom. The van der Waals surface area contributed by atoms with Crippen LogP contribution in [0.5, 0.6) is 0 Å². The van der Waals surface area contributed by atoms with Crippen LogP contribution in [0.4, 0.5) is 0 Å². The molecule has 0 aliphatic carbocycles. The number of carbonyl (C=O) groups is 1. The van der Waals surface area contributed by atoms with E-state index in [2.05, 4.69) is 5.32 Å². The third kappa shape index (κ3) is 3.61. The molecule has 0 aliphatic heterocycles. The quantitative estimate of drug-likeness (QED) is 0.850. The molecule has 2 rings (SSSR count). The molecule has 0 radical (unpaired) electrons. The Hall–Kier alpha value is -1.74. The average molecular weight is 278 g/mol. The van der Waals surface area contributed by atoms with Gasteiger partial charge in [0.05, 0.1) is 0 Å². The molecule has 0 fully saturated rings. The fourth-order valence-electron chi connectivity index (χ4n) is 1.78. The predicted octanol–water partition coefficient (Wildman–Crippen LogP) is 3.51. The highest BCUT2D eigenvalue weighted by atomic mass is 35.5. The minimum atomic E-state index is -0.198. The van der Waals surface area contributed by atoms with Crippen molar-refractivity contribution in [3.63, 3.8) is 0 Å². The Balaban J connectivity index is 1.96. The zero-order valence-electron chi connectivity index (χ0n) is 10.8. The second kappa shape index (κ2) is 6.43. The first-order valence-electron chi connectivity index (χ1n) is 6.23. The second-order valence-corrected chi connectivity index (χ2v) is 4.52. The Labute approximate surface area is 117 Å². The third-order valence-corrected chi connectivity index (χ3v) is 3.14. The van der Waals surface area contributed by atoms with E-state index in [-0.39, 0.29) is 5.91 Å². The van der Waals surface area contributed by atoms with E-state index in [4.69, 9.17) is 16.0 Å². The highest BCUT2D eigenvalue weighted by Crippen LogP contribution is 2.10. The van der Waals surface area contributed by atoms with Crippen LogP contribution in [0.2, 0.25) is 0 Å². The summed E-state index contributed by atoms with van der Waals surface area (Å²) in [6.07, 6.45) is 0.783. The molecule has 0 atom stereocenters.